The number of unbranched alkanes of at least 4 members (excludes halogenated alkanes) is 27. The van der Waals surface area contributed by atoms with Crippen molar-refractivity contribution in [2.24, 2.45) is 0 Å². The van der Waals surface area contributed by atoms with Gasteiger partial charge in [-0.05, 0) is 50.7 Å². The van der Waals surface area contributed by atoms with Gasteiger partial charge in [0.15, 0.2) is 22.8 Å². The number of halogens is 12. The van der Waals surface area contributed by atoms with Crippen molar-refractivity contribution in [3.63, 3.8) is 0 Å². The first-order valence-corrected chi connectivity index (χ1v) is 29.5. The molecule has 0 radical (unpaired) electrons. The molecule has 0 aromatic carbocycles. The number of hydrogen-bond donors (Lipinski definition) is 0. The second-order valence-corrected chi connectivity index (χ2v) is 22.8. The van der Waals surface area contributed by atoms with Crippen molar-refractivity contribution in [2.45, 2.75) is 260 Å². The normalized spacial score (nSPS) is 14.0. The molecule has 2 nitrogen and oxygen atoms in total. The Bertz CT molecular complexity index is 1440. The summed E-state index contributed by atoms with van der Waals surface area (Å²) in [4.78, 5) is 0. The summed E-state index contributed by atoms with van der Waals surface area (Å²) < 4.78 is 124. The summed E-state index contributed by atoms with van der Waals surface area (Å²) >= 11 is 0. The minimum atomic E-state index is -10.7. The van der Waals surface area contributed by atoms with Gasteiger partial charge in [-0.3, -0.25) is 0 Å². The SMILES string of the molecule is CCCCCCCCCCCCCCc1cc(C)cc(C)[n+]1CCCCCCCC[n+]1c(C)cc(C)cc1CCCCCCCCCCCCCC.F[P-](F)(F)(F)(F)F.F[P-](F)(F)(F)(F)F. The van der Waals surface area contributed by atoms with Crippen LogP contribution >= 0.6 is 15.6 Å². The average Bonchev–Trinajstić information content (AvgIpc) is 3.15. The van der Waals surface area contributed by atoms with Crippen molar-refractivity contribution >= 4 is 15.6 Å². The van der Waals surface area contributed by atoms with Crippen molar-refractivity contribution in [1.29, 1.82) is 0 Å². The molecule has 0 saturated carbocycles. The number of hydrogen-bond acceptors (Lipinski definition) is 0. The molecule has 0 bridgehead atoms. The van der Waals surface area contributed by atoms with E-state index in [0.717, 1.165) is 0 Å². The topological polar surface area (TPSA) is 7.76 Å². The molecule has 2 aromatic rings. The van der Waals surface area contributed by atoms with E-state index >= 15 is 0 Å². The van der Waals surface area contributed by atoms with Crippen molar-refractivity contribution < 1.29 is 59.5 Å². The Hall–Kier alpha value is -1.68. The van der Waals surface area contributed by atoms with Crippen LogP contribution in [-0.4, -0.2) is 0 Å². The van der Waals surface area contributed by atoms with Crippen LogP contribution in [-0.2, 0) is 25.9 Å². The summed E-state index contributed by atoms with van der Waals surface area (Å²) in [5.41, 5.74) is 8.93. The second kappa shape index (κ2) is 30.1. The number of nitrogens with zero attached hydrogens (tertiary/aromatic N) is 2. The fourth-order valence-corrected chi connectivity index (χ4v) is 8.63. The molecule has 0 amide bonds. The van der Waals surface area contributed by atoms with Crippen LogP contribution in [0.2, 0.25) is 0 Å². The van der Waals surface area contributed by atoms with Gasteiger partial charge in [-0.1, -0.05) is 168 Å². The van der Waals surface area contributed by atoms with Crippen LogP contribution in [0.25, 0.3) is 0 Å². The first kappa shape index (κ1) is 64.3. The molecular formula is C50H90F12N2P2. The van der Waals surface area contributed by atoms with Gasteiger partial charge < -0.3 is 0 Å². The molecule has 66 heavy (non-hydrogen) atoms. The third-order valence-electron chi connectivity index (χ3n) is 11.8. The second-order valence-electron chi connectivity index (χ2n) is 19.0. The van der Waals surface area contributed by atoms with Crippen molar-refractivity contribution in [3.05, 3.63) is 58.2 Å². The van der Waals surface area contributed by atoms with E-state index in [9.17, 15) is 50.4 Å². The maximum atomic E-state index is 9.87. The van der Waals surface area contributed by atoms with E-state index in [2.05, 4.69) is 74.9 Å². The molecule has 0 unspecified atom stereocenters. The molecule has 0 aliphatic heterocycles. The Morgan fingerprint density at radius 3 is 0.727 bits per heavy atom. The molecular weight excluding hydrogens is 918 g/mol. The average molecular weight is 1010 g/mol. The molecule has 16 heteroatoms. The predicted octanol–water partition coefficient (Wildman–Crippen LogP) is 21.8. The third kappa shape index (κ3) is 48.8. The zero-order chi connectivity index (χ0) is 50.3. The van der Waals surface area contributed by atoms with Crippen LogP contribution in [0.1, 0.15) is 240 Å². The Labute approximate surface area is 392 Å². The molecule has 0 spiro atoms. The number of pyridine rings is 2. The van der Waals surface area contributed by atoms with E-state index in [4.69, 9.17) is 0 Å². The first-order chi connectivity index (χ1) is 30.4. The molecule has 2 aromatic heterocycles. The summed E-state index contributed by atoms with van der Waals surface area (Å²) in [5, 5.41) is 0. The van der Waals surface area contributed by atoms with Gasteiger partial charge in [0.05, 0.1) is 0 Å². The third-order valence-corrected chi connectivity index (χ3v) is 11.8. The summed E-state index contributed by atoms with van der Waals surface area (Å²) in [6.07, 6.45) is 44.8. The van der Waals surface area contributed by atoms with E-state index in [1.54, 1.807) is 11.4 Å². The number of aryl methyl sites for hydroxylation is 6. The van der Waals surface area contributed by atoms with E-state index in [1.165, 1.54) is 241 Å². The molecule has 0 N–H and O–H groups in total. The standard InChI is InChI=1S/C50H90N2.2F6P/c1-7-9-11-13-15-17-19-21-23-25-29-33-37-49-43-45(3)41-47(5)51(49)39-35-31-27-28-32-36-40-52-48(6)42-46(4)44-50(52)38-34-30-26-24-22-20-18-16-14-12-10-8-2;2*1-7(2,3,4,5)6/h41-44H,7-40H2,1-6H3;;/q+2;2*-1. The summed E-state index contributed by atoms with van der Waals surface area (Å²) in [6, 6.07) is 9.73. The van der Waals surface area contributed by atoms with Gasteiger partial charge in [0.2, 0.25) is 0 Å². The zero-order valence-corrected chi connectivity index (χ0v) is 43.5. The number of rotatable bonds is 35. The number of aromatic nitrogens is 2. The van der Waals surface area contributed by atoms with Crippen molar-refractivity contribution in [2.75, 3.05) is 0 Å². The predicted molar refractivity (Wildman–Crippen MR) is 257 cm³/mol. The van der Waals surface area contributed by atoms with Gasteiger partial charge in [0, 0.05) is 63.8 Å². The van der Waals surface area contributed by atoms with E-state index in [-0.39, 0.29) is 0 Å². The molecule has 2 heterocycles. The monoisotopic (exact) mass is 1010 g/mol. The van der Waals surface area contributed by atoms with Gasteiger partial charge in [0.25, 0.3) is 0 Å². The van der Waals surface area contributed by atoms with Crippen LogP contribution in [0, 0.1) is 27.7 Å². The molecule has 0 aliphatic rings. The fourth-order valence-electron chi connectivity index (χ4n) is 8.63. The van der Waals surface area contributed by atoms with Crippen molar-refractivity contribution in [1.82, 2.24) is 0 Å². The van der Waals surface area contributed by atoms with Gasteiger partial charge in [0.1, 0.15) is 13.1 Å². The molecule has 0 atom stereocenters. The molecule has 0 saturated heterocycles. The van der Waals surface area contributed by atoms with Crippen molar-refractivity contribution in [3.8, 4) is 0 Å². The minimum absolute atomic E-state index is 1.20. The Balaban J connectivity index is 0.00000259. The molecule has 394 valence electrons. The maximum absolute atomic E-state index is 10.7. The quantitative estimate of drug-likeness (QED) is 0.0281. The van der Waals surface area contributed by atoms with Crippen LogP contribution in [0.3, 0.4) is 0 Å². The summed E-state index contributed by atoms with van der Waals surface area (Å²) in [5.74, 6) is 0. The van der Waals surface area contributed by atoms with Gasteiger partial charge in [-0.25, -0.2) is 9.13 Å². The molecule has 0 aliphatic carbocycles. The van der Waals surface area contributed by atoms with Crippen LogP contribution in [0.4, 0.5) is 50.4 Å². The van der Waals surface area contributed by atoms with E-state index in [0.29, 0.717) is 0 Å². The Morgan fingerprint density at radius 2 is 0.500 bits per heavy atom. The summed E-state index contributed by atoms with van der Waals surface area (Å²) in [7, 11) is -21.3. The molecule has 2 rings (SSSR count). The molecule has 0 fully saturated rings. The van der Waals surface area contributed by atoms with E-state index < -0.39 is 15.6 Å². The van der Waals surface area contributed by atoms with Gasteiger partial charge in [-0.2, -0.15) is 0 Å². The fraction of sp³-hybridized carbons (Fsp3) is 0.800. The van der Waals surface area contributed by atoms with Crippen LogP contribution in [0.15, 0.2) is 24.3 Å². The zero-order valence-electron chi connectivity index (χ0n) is 41.7. The Morgan fingerprint density at radius 1 is 0.303 bits per heavy atom. The van der Waals surface area contributed by atoms with Crippen LogP contribution in [0.5, 0.6) is 0 Å². The Kier molecular flexibility index (Phi) is 29.4. The van der Waals surface area contributed by atoms with E-state index in [1.807, 2.05) is 0 Å². The van der Waals surface area contributed by atoms with Crippen LogP contribution < -0.4 is 9.13 Å². The first-order valence-electron chi connectivity index (χ1n) is 25.5. The van der Waals surface area contributed by atoms with Gasteiger partial charge >= 0.3 is 66.0 Å². The summed E-state index contributed by atoms with van der Waals surface area (Å²) in [6.45, 7) is 16.2. The van der Waals surface area contributed by atoms with Gasteiger partial charge in [-0.15, -0.1) is 0 Å².